The zero-order valence-electron chi connectivity index (χ0n) is 14.7. The fourth-order valence-corrected chi connectivity index (χ4v) is 3.12. The maximum atomic E-state index is 11.5. The molecule has 1 amide bonds. The third kappa shape index (κ3) is 10.3. The number of carbonyl (C=O) groups excluding carboxylic acids is 1. The van der Waals surface area contributed by atoms with Gasteiger partial charge in [-0.1, -0.05) is 20.3 Å². The molecule has 1 saturated heterocycles. The minimum atomic E-state index is -5.12. The highest BCUT2D eigenvalue weighted by Gasteiger charge is 2.37. The quantitative estimate of drug-likeness (QED) is 0.334. The summed E-state index contributed by atoms with van der Waals surface area (Å²) >= 11 is 0. The third-order valence-electron chi connectivity index (χ3n) is 4.07. The molecule has 12 nitrogen and oxygen atoms in total. The molecule has 0 radical (unpaired) electrons. The van der Waals surface area contributed by atoms with Gasteiger partial charge in [-0.15, -0.1) is 3.63 Å². The van der Waals surface area contributed by atoms with E-state index < -0.39 is 26.3 Å². The van der Waals surface area contributed by atoms with Gasteiger partial charge in [0, 0.05) is 19.6 Å². The summed E-state index contributed by atoms with van der Waals surface area (Å²) in [7, 11) is -10.2. The minimum Gasteiger partial charge on any atom is -0.379 e. The predicted octanol–water partition coefficient (Wildman–Crippen LogP) is -1.45. The van der Waals surface area contributed by atoms with Crippen molar-refractivity contribution in [2.75, 3.05) is 32.8 Å². The van der Waals surface area contributed by atoms with Crippen LogP contribution in [-0.2, 0) is 34.0 Å². The first-order valence-corrected chi connectivity index (χ1v) is 10.5. The monoisotopic (exact) mass is 421 g/mol. The molecule has 0 aliphatic carbocycles. The van der Waals surface area contributed by atoms with Crippen LogP contribution >= 0.6 is 0 Å². The Balaban J connectivity index is 0.000000590. The Morgan fingerprint density at radius 1 is 1.23 bits per heavy atom. The second-order valence-electron chi connectivity index (χ2n) is 5.84. The topological polar surface area (TPSA) is 200 Å². The number of nitrogens with zero attached hydrogens (tertiary/aromatic N) is 1. The first kappa shape index (κ1) is 25.1. The molecular formula is C12H27N3O9S2. The SMILES string of the molecule is CC[C@H](C)[C@@](N)(CCN1CCOCC1)C(N)=O.O=S(=O)(O)OS(=O)(=O)O. The van der Waals surface area contributed by atoms with Crippen molar-refractivity contribution in [3.63, 3.8) is 0 Å². The summed E-state index contributed by atoms with van der Waals surface area (Å²) in [4.78, 5) is 13.8. The van der Waals surface area contributed by atoms with Crippen molar-refractivity contribution in [3.8, 4) is 0 Å². The summed E-state index contributed by atoms with van der Waals surface area (Å²) in [6, 6.07) is 0. The van der Waals surface area contributed by atoms with Gasteiger partial charge in [-0.05, 0) is 12.3 Å². The lowest BCUT2D eigenvalue weighted by molar-refractivity contribution is -0.125. The average Bonchev–Trinajstić information content (AvgIpc) is 2.49. The fraction of sp³-hybridized carbons (Fsp3) is 0.917. The standard InChI is InChI=1S/C12H25N3O2.H2O7S2/c1-3-10(2)12(14,11(13)16)4-5-15-6-8-17-9-7-15;1-8(2,3)7-9(4,5)6/h10H,3-9,14H2,1-2H3,(H2,13,16);(H,1,2,3)(H,4,5,6)/t10-,12-;/m0./s1. The average molecular weight is 421 g/mol. The van der Waals surface area contributed by atoms with Crippen LogP contribution in [0, 0.1) is 5.92 Å². The number of ether oxygens (including phenoxy) is 1. The van der Waals surface area contributed by atoms with Crippen LogP contribution in [0.4, 0.5) is 0 Å². The highest BCUT2D eigenvalue weighted by Crippen LogP contribution is 2.22. The van der Waals surface area contributed by atoms with Crippen LogP contribution in [0.3, 0.4) is 0 Å². The third-order valence-corrected chi connectivity index (χ3v) is 5.44. The molecule has 0 aromatic rings. The van der Waals surface area contributed by atoms with Crippen LogP contribution in [0.5, 0.6) is 0 Å². The van der Waals surface area contributed by atoms with Crippen molar-refractivity contribution in [1.82, 2.24) is 4.90 Å². The molecule has 0 spiro atoms. The lowest BCUT2D eigenvalue weighted by Gasteiger charge is -2.35. The Morgan fingerprint density at radius 2 is 1.69 bits per heavy atom. The van der Waals surface area contributed by atoms with Crippen LogP contribution in [0.1, 0.15) is 26.7 Å². The summed E-state index contributed by atoms with van der Waals surface area (Å²) in [5.74, 6) is -0.277. The Bertz CT molecular complexity index is 617. The molecule has 0 bridgehead atoms. The van der Waals surface area contributed by atoms with Crippen molar-refractivity contribution < 1.29 is 39.1 Å². The fourth-order valence-electron chi connectivity index (χ4n) is 2.25. The van der Waals surface area contributed by atoms with Crippen molar-refractivity contribution in [3.05, 3.63) is 0 Å². The molecule has 1 heterocycles. The molecule has 1 fully saturated rings. The molecule has 156 valence electrons. The van der Waals surface area contributed by atoms with E-state index in [1.807, 2.05) is 13.8 Å². The van der Waals surface area contributed by atoms with Crippen LogP contribution in [0.25, 0.3) is 0 Å². The second kappa shape index (κ2) is 10.5. The maximum absolute atomic E-state index is 11.5. The number of morpholine rings is 1. The van der Waals surface area contributed by atoms with Gasteiger partial charge in [0.25, 0.3) is 0 Å². The van der Waals surface area contributed by atoms with Crippen LogP contribution < -0.4 is 11.5 Å². The number of hydrogen-bond acceptors (Lipinski definition) is 9. The number of hydrogen-bond donors (Lipinski definition) is 4. The number of carbonyl (C=O) groups is 1. The van der Waals surface area contributed by atoms with Crippen molar-refractivity contribution >= 4 is 26.7 Å². The van der Waals surface area contributed by atoms with Gasteiger partial charge in [0.15, 0.2) is 0 Å². The first-order valence-electron chi connectivity index (χ1n) is 7.76. The zero-order valence-corrected chi connectivity index (χ0v) is 16.3. The molecule has 1 aliphatic rings. The smallest absolute Gasteiger partial charge is 0.379 e. The first-order chi connectivity index (χ1) is 11.7. The highest BCUT2D eigenvalue weighted by molar-refractivity contribution is 7.94. The van der Waals surface area contributed by atoms with Gasteiger partial charge < -0.3 is 16.2 Å². The zero-order chi connectivity index (χ0) is 20.6. The normalized spacial score (nSPS) is 19.7. The van der Waals surface area contributed by atoms with E-state index in [1.165, 1.54) is 0 Å². The van der Waals surface area contributed by atoms with Gasteiger partial charge in [-0.2, -0.15) is 16.8 Å². The summed E-state index contributed by atoms with van der Waals surface area (Å²) in [5, 5.41) is 0. The van der Waals surface area contributed by atoms with Crippen LogP contribution in [-0.4, -0.2) is 75.1 Å². The van der Waals surface area contributed by atoms with Crippen molar-refractivity contribution in [2.45, 2.75) is 32.2 Å². The molecule has 0 aromatic heterocycles. The van der Waals surface area contributed by atoms with E-state index in [2.05, 4.69) is 8.53 Å². The van der Waals surface area contributed by atoms with Crippen molar-refractivity contribution in [1.29, 1.82) is 0 Å². The lowest BCUT2D eigenvalue weighted by atomic mass is 9.80. The highest BCUT2D eigenvalue weighted by atomic mass is 32.3. The Morgan fingerprint density at radius 3 is 2.00 bits per heavy atom. The molecule has 0 aromatic carbocycles. The Hall–Kier alpha value is -0.870. The van der Waals surface area contributed by atoms with Crippen LogP contribution in [0.2, 0.25) is 0 Å². The van der Waals surface area contributed by atoms with Gasteiger partial charge in [-0.3, -0.25) is 18.8 Å². The van der Waals surface area contributed by atoms with Crippen LogP contribution in [0.15, 0.2) is 0 Å². The molecule has 1 aliphatic heterocycles. The molecule has 0 saturated carbocycles. The molecule has 0 unspecified atom stereocenters. The van der Waals surface area contributed by atoms with Gasteiger partial charge in [0.2, 0.25) is 5.91 Å². The number of nitrogens with two attached hydrogens (primary N) is 2. The Labute approximate surface area is 153 Å². The Kier molecular flexibility index (Phi) is 10.1. The van der Waals surface area contributed by atoms with E-state index in [9.17, 15) is 21.6 Å². The van der Waals surface area contributed by atoms with Gasteiger partial charge in [0.05, 0.1) is 18.8 Å². The van der Waals surface area contributed by atoms with E-state index in [0.29, 0.717) is 6.42 Å². The number of amides is 1. The van der Waals surface area contributed by atoms with E-state index in [1.54, 1.807) is 0 Å². The summed E-state index contributed by atoms with van der Waals surface area (Å²) in [6.07, 6.45) is 1.49. The molecule has 2 atom stereocenters. The van der Waals surface area contributed by atoms with Gasteiger partial charge in [-0.25, -0.2) is 0 Å². The number of rotatable bonds is 8. The molecule has 14 heteroatoms. The van der Waals surface area contributed by atoms with Gasteiger partial charge in [0.1, 0.15) is 0 Å². The summed E-state index contributed by atoms with van der Waals surface area (Å²) < 4.78 is 60.9. The molecular weight excluding hydrogens is 394 g/mol. The van der Waals surface area contributed by atoms with Crippen molar-refractivity contribution in [2.24, 2.45) is 17.4 Å². The summed E-state index contributed by atoms with van der Waals surface area (Å²) in [6.45, 7) is 8.18. The molecule has 26 heavy (non-hydrogen) atoms. The van der Waals surface area contributed by atoms with Gasteiger partial charge >= 0.3 is 20.8 Å². The minimum absolute atomic E-state index is 0.112. The van der Waals surface area contributed by atoms with E-state index in [0.717, 1.165) is 39.3 Å². The number of primary amides is 1. The molecule has 6 N–H and O–H groups in total. The maximum Gasteiger partial charge on any atom is 0.413 e. The van der Waals surface area contributed by atoms with E-state index in [-0.39, 0.29) is 11.8 Å². The predicted molar refractivity (Wildman–Crippen MR) is 91.6 cm³/mol. The molecule has 1 rings (SSSR count). The van der Waals surface area contributed by atoms with E-state index >= 15 is 0 Å². The second-order valence-corrected chi connectivity index (χ2v) is 8.10. The van der Waals surface area contributed by atoms with E-state index in [4.69, 9.17) is 25.3 Å². The summed E-state index contributed by atoms with van der Waals surface area (Å²) in [5.41, 5.74) is 10.8. The lowest BCUT2D eigenvalue weighted by Crippen LogP contribution is -2.58. The largest absolute Gasteiger partial charge is 0.413 e.